The molecule has 1 aromatic rings. The highest BCUT2D eigenvalue weighted by atomic mass is 35.5. The van der Waals surface area contributed by atoms with Crippen molar-refractivity contribution in [3.63, 3.8) is 0 Å². The Morgan fingerprint density at radius 1 is 1.35 bits per heavy atom. The molecule has 0 spiro atoms. The van der Waals surface area contributed by atoms with E-state index >= 15 is 0 Å². The van der Waals surface area contributed by atoms with Crippen LogP contribution in [0.4, 0.5) is 0 Å². The number of halogens is 2. The molecule has 3 nitrogen and oxygen atoms in total. The van der Waals surface area contributed by atoms with Crippen LogP contribution in [0.5, 0.6) is 0 Å². The zero-order chi connectivity index (χ0) is 16.7. The minimum atomic E-state index is 0.238. The number of hydrogen-bond acceptors (Lipinski definition) is 3. The first kappa shape index (κ1) is 18.9. The van der Waals surface area contributed by atoms with Crippen LogP contribution in [0.3, 0.4) is 0 Å². The van der Waals surface area contributed by atoms with Crippen molar-refractivity contribution in [2.75, 3.05) is 31.9 Å². The van der Waals surface area contributed by atoms with Crippen LogP contribution in [0, 0.1) is 5.92 Å². The maximum absolute atomic E-state index is 12.3. The molecule has 0 radical (unpaired) electrons. The van der Waals surface area contributed by atoms with Gasteiger partial charge in [-0.15, -0.1) is 11.8 Å². The second-order valence-corrected chi connectivity index (χ2v) is 7.69. The average Bonchev–Trinajstić information content (AvgIpc) is 2.55. The fourth-order valence-corrected chi connectivity index (χ4v) is 4.20. The number of carbonyl (C=O) groups excluding carboxylic acids is 1. The van der Waals surface area contributed by atoms with E-state index in [0.717, 1.165) is 50.3 Å². The highest BCUT2D eigenvalue weighted by Gasteiger charge is 2.22. The number of thioether (sulfide) groups is 1. The molecule has 0 bridgehead atoms. The molecule has 1 fully saturated rings. The Morgan fingerprint density at radius 3 is 2.74 bits per heavy atom. The van der Waals surface area contributed by atoms with Crippen LogP contribution >= 0.6 is 35.0 Å². The van der Waals surface area contributed by atoms with Gasteiger partial charge in [-0.3, -0.25) is 4.79 Å². The van der Waals surface area contributed by atoms with E-state index in [1.54, 1.807) is 17.8 Å². The van der Waals surface area contributed by atoms with Crippen LogP contribution < -0.4 is 5.32 Å². The largest absolute Gasteiger partial charge is 0.342 e. The van der Waals surface area contributed by atoms with Crippen molar-refractivity contribution >= 4 is 40.9 Å². The molecule has 128 valence electrons. The summed E-state index contributed by atoms with van der Waals surface area (Å²) in [6.45, 7) is 5.99. The molecule has 1 amide bonds. The summed E-state index contributed by atoms with van der Waals surface area (Å²) in [7, 11) is 0. The topological polar surface area (TPSA) is 32.3 Å². The number of carbonyl (C=O) groups is 1. The molecule has 0 aliphatic carbocycles. The van der Waals surface area contributed by atoms with E-state index in [1.807, 2.05) is 17.0 Å². The summed E-state index contributed by atoms with van der Waals surface area (Å²) in [6.07, 6.45) is 2.21. The molecular formula is C17H24Cl2N2OS. The number of piperidine rings is 1. The molecule has 0 unspecified atom stereocenters. The summed E-state index contributed by atoms with van der Waals surface area (Å²) in [4.78, 5) is 14.3. The van der Waals surface area contributed by atoms with Gasteiger partial charge in [0.15, 0.2) is 0 Å². The van der Waals surface area contributed by atoms with Gasteiger partial charge in [0.05, 0.1) is 5.75 Å². The third kappa shape index (κ3) is 6.18. The number of nitrogens with zero attached hydrogens (tertiary/aromatic N) is 1. The van der Waals surface area contributed by atoms with Crippen molar-refractivity contribution in [2.45, 2.75) is 25.5 Å². The standard InChI is InChI=1S/C17H24Cl2N2OS/c1-2-20-10-13-5-7-21(8-6-13)17(22)12-23-11-14-3-4-15(18)9-16(14)19/h3-4,9,13,20H,2,5-8,10-12H2,1H3. The minimum Gasteiger partial charge on any atom is -0.342 e. The number of likely N-dealkylation sites (tertiary alicyclic amines) is 1. The van der Waals surface area contributed by atoms with Crippen molar-refractivity contribution in [1.82, 2.24) is 10.2 Å². The van der Waals surface area contributed by atoms with Gasteiger partial charge < -0.3 is 10.2 Å². The van der Waals surface area contributed by atoms with E-state index in [0.29, 0.717) is 21.7 Å². The Labute approximate surface area is 153 Å². The first-order valence-electron chi connectivity index (χ1n) is 8.10. The maximum Gasteiger partial charge on any atom is 0.232 e. The van der Waals surface area contributed by atoms with Crippen LogP contribution in [-0.4, -0.2) is 42.7 Å². The van der Waals surface area contributed by atoms with Crippen molar-refractivity contribution < 1.29 is 4.79 Å². The smallest absolute Gasteiger partial charge is 0.232 e. The molecule has 1 N–H and O–H groups in total. The van der Waals surface area contributed by atoms with Crippen LogP contribution in [0.15, 0.2) is 18.2 Å². The van der Waals surface area contributed by atoms with Crippen molar-refractivity contribution in [2.24, 2.45) is 5.92 Å². The van der Waals surface area contributed by atoms with Gasteiger partial charge in [0.1, 0.15) is 0 Å². The summed E-state index contributed by atoms with van der Waals surface area (Å²) in [5.74, 6) is 2.19. The SMILES string of the molecule is CCNCC1CCN(C(=O)CSCc2ccc(Cl)cc2Cl)CC1. The third-order valence-corrected chi connectivity index (χ3v) is 5.70. The number of benzene rings is 1. The van der Waals surface area contributed by atoms with Crippen LogP contribution in [0.25, 0.3) is 0 Å². The Kier molecular flexibility index (Phi) is 8.04. The van der Waals surface area contributed by atoms with Gasteiger partial charge in [0, 0.05) is 28.9 Å². The first-order chi connectivity index (χ1) is 11.1. The van der Waals surface area contributed by atoms with Gasteiger partial charge in [-0.2, -0.15) is 0 Å². The molecule has 1 heterocycles. The molecule has 0 atom stereocenters. The maximum atomic E-state index is 12.3. The predicted molar refractivity (Wildman–Crippen MR) is 100 cm³/mol. The molecule has 23 heavy (non-hydrogen) atoms. The van der Waals surface area contributed by atoms with E-state index in [4.69, 9.17) is 23.2 Å². The molecule has 1 aliphatic heterocycles. The summed E-state index contributed by atoms with van der Waals surface area (Å²) in [5.41, 5.74) is 1.03. The van der Waals surface area contributed by atoms with Gasteiger partial charge in [-0.05, 0) is 49.5 Å². The lowest BCUT2D eigenvalue weighted by molar-refractivity contribution is -0.129. The number of rotatable bonds is 7. The highest BCUT2D eigenvalue weighted by molar-refractivity contribution is 7.99. The Bertz CT molecular complexity index is 519. The molecule has 6 heteroatoms. The van der Waals surface area contributed by atoms with E-state index in [-0.39, 0.29) is 5.91 Å². The molecule has 1 saturated heterocycles. The van der Waals surface area contributed by atoms with Crippen LogP contribution in [-0.2, 0) is 10.5 Å². The fraction of sp³-hybridized carbons (Fsp3) is 0.588. The van der Waals surface area contributed by atoms with Gasteiger partial charge in [0.25, 0.3) is 0 Å². The van der Waals surface area contributed by atoms with E-state index in [2.05, 4.69) is 12.2 Å². The van der Waals surface area contributed by atoms with E-state index < -0.39 is 0 Å². The second-order valence-electron chi connectivity index (χ2n) is 5.86. The average molecular weight is 375 g/mol. The molecule has 1 aromatic carbocycles. The molecule has 0 saturated carbocycles. The lowest BCUT2D eigenvalue weighted by Crippen LogP contribution is -2.41. The quantitative estimate of drug-likeness (QED) is 0.780. The lowest BCUT2D eigenvalue weighted by Gasteiger charge is -2.32. The van der Waals surface area contributed by atoms with Crippen molar-refractivity contribution in [3.05, 3.63) is 33.8 Å². The molecule has 0 aromatic heterocycles. The zero-order valence-electron chi connectivity index (χ0n) is 13.5. The van der Waals surface area contributed by atoms with E-state index in [1.165, 1.54) is 0 Å². The Morgan fingerprint density at radius 2 is 2.09 bits per heavy atom. The zero-order valence-corrected chi connectivity index (χ0v) is 15.8. The Balaban J connectivity index is 1.69. The highest BCUT2D eigenvalue weighted by Crippen LogP contribution is 2.25. The van der Waals surface area contributed by atoms with Gasteiger partial charge >= 0.3 is 0 Å². The number of amides is 1. The summed E-state index contributed by atoms with van der Waals surface area (Å²) < 4.78 is 0. The molecule has 2 rings (SSSR count). The third-order valence-electron chi connectivity index (χ3n) is 4.15. The summed E-state index contributed by atoms with van der Waals surface area (Å²) >= 11 is 13.7. The summed E-state index contributed by atoms with van der Waals surface area (Å²) in [5, 5.41) is 4.70. The summed E-state index contributed by atoms with van der Waals surface area (Å²) in [6, 6.07) is 5.50. The second kappa shape index (κ2) is 9.77. The lowest BCUT2D eigenvalue weighted by atomic mass is 9.97. The molecular weight excluding hydrogens is 351 g/mol. The monoisotopic (exact) mass is 374 g/mol. The van der Waals surface area contributed by atoms with Gasteiger partial charge in [-0.1, -0.05) is 36.2 Å². The van der Waals surface area contributed by atoms with Crippen molar-refractivity contribution in [1.29, 1.82) is 0 Å². The van der Waals surface area contributed by atoms with Crippen LogP contribution in [0.2, 0.25) is 10.0 Å². The first-order valence-corrected chi connectivity index (χ1v) is 10.0. The number of hydrogen-bond donors (Lipinski definition) is 1. The number of nitrogens with one attached hydrogen (secondary N) is 1. The Hall–Kier alpha value is -0.420. The fourth-order valence-electron chi connectivity index (χ4n) is 2.71. The van der Waals surface area contributed by atoms with Gasteiger partial charge in [-0.25, -0.2) is 0 Å². The van der Waals surface area contributed by atoms with Crippen molar-refractivity contribution in [3.8, 4) is 0 Å². The van der Waals surface area contributed by atoms with E-state index in [9.17, 15) is 4.79 Å². The molecule has 1 aliphatic rings. The van der Waals surface area contributed by atoms with Gasteiger partial charge in [0.2, 0.25) is 5.91 Å². The van der Waals surface area contributed by atoms with Crippen LogP contribution in [0.1, 0.15) is 25.3 Å². The minimum absolute atomic E-state index is 0.238. The predicted octanol–water partition coefficient (Wildman–Crippen LogP) is 4.07. The normalized spacial score (nSPS) is 15.9.